The van der Waals surface area contributed by atoms with Crippen molar-refractivity contribution in [1.29, 1.82) is 0 Å². The summed E-state index contributed by atoms with van der Waals surface area (Å²) in [4.78, 5) is 0. The third-order valence-corrected chi connectivity index (χ3v) is 2.54. The van der Waals surface area contributed by atoms with Gasteiger partial charge in [0.05, 0.1) is 6.42 Å². The van der Waals surface area contributed by atoms with Crippen molar-refractivity contribution in [3.05, 3.63) is 0 Å². The lowest BCUT2D eigenvalue weighted by Crippen LogP contribution is -2.42. The van der Waals surface area contributed by atoms with E-state index >= 15 is 0 Å². The van der Waals surface area contributed by atoms with Gasteiger partial charge in [0.1, 0.15) is 0 Å². The monoisotopic (exact) mass is 195 g/mol. The SMILES string of the molecule is CC(N)(CC(F)(F)F)CC1(C)CC1. The molecule has 0 bridgehead atoms. The van der Waals surface area contributed by atoms with Crippen LogP contribution in [0.2, 0.25) is 0 Å². The molecule has 1 saturated carbocycles. The lowest BCUT2D eigenvalue weighted by Gasteiger charge is -2.28. The maximum atomic E-state index is 12.1. The smallest absolute Gasteiger partial charge is 0.325 e. The normalized spacial score (nSPS) is 25.4. The van der Waals surface area contributed by atoms with Gasteiger partial charge in [0.2, 0.25) is 0 Å². The molecule has 0 amide bonds. The third-order valence-electron chi connectivity index (χ3n) is 2.54. The molecule has 0 aliphatic heterocycles. The van der Waals surface area contributed by atoms with Crippen molar-refractivity contribution < 1.29 is 13.2 Å². The van der Waals surface area contributed by atoms with E-state index in [4.69, 9.17) is 5.73 Å². The van der Waals surface area contributed by atoms with Gasteiger partial charge in [-0.3, -0.25) is 0 Å². The summed E-state index contributed by atoms with van der Waals surface area (Å²) in [6.07, 6.45) is -2.53. The first-order valence-electron chi connectivity index (χ1n) is 4.48. The fourth-order valence-corrected chi connectivity index (χ4v) is 1.89. The molecule has 78 valence electrons. The Labute approximate surface area is 76.5 Å². The van der Waals surface area contributed by atoms with Gasteiger partial charge in [-0.25, -0.2) is 0 Å². The summed E-state index contributed by atoms with van der Waals surface area (Å²) in [5.74, 6) is 0. The van der Waals surface area contributed by atoms with Crippen LogP contribution in [0.3, 0.4) is 0 Å². The summed E-state index contributed by atoms with van der Waals surface area (Å²) in [6, 6.07) is 0. The highest BCUT2D eigenvalue weighted by molar-refractivity contribution is 4.97. The summed E-state index contributed by atoms with van der Waals surface area (Å²) in [6.45, 7) is 3.48. The molecular formula is C9H16F3N. The largest absolute Gasteiger partial charge is 0.390 e. The van der Waals surface area contributed by atoms with E-state index in [-0.39, 0.29) is 5.41 Å². The van der Waals surface area contributed by atoms with E-state index < -0.39 is 18.1 Å². The van der Waals surface area contributed by atoms with Gasteiger partial charge in [-0.15, -0.1) is 0 Å². The standard InChI is InChI=1S/C9H16F3N/c1-7(3-4-7)5-8(2,13)6-9(10,11)12/h3-6,13H2,1-2H3. The van der Waals surface area contributed by atoms with Crippen LogP contribution in [0.25, 0.3) is 0 Å². The van der Waals surface area contributed by atoms with E-state index in [9.17, 15) is 13.2 Å². The molecule has 0 aromatic rings. The van der Waals surface area contributed by atoms with Gasteiger partial charge in [0.15, 0.2) is 0 Å². The molecule has 0 saturated heterocycles. The summed E-state index contributed by atoms with van der Waals surface area (Å²) in [7, 11) is 0. The number of halogens is 3. The van der Waals surface area contributed by atoms with E-state index in [1.54, 1.807) is 0 Å². The molecule has 1 fully saturated rings. The zero-order valence-corrected chi connectivity index (χ0v) is 8.04. The molecule has 1 rings (SSSR count). The molecule has 0 aromatic heterocycles. The molecule has 0 spiro atoms. The predicted octanol–water partition coefficient (Wildman–Crippen LogP) is 2.85. The second-order valence-corrected chi connectivity index (χ2v) is 4.93. The van der Waals surface area contributed by atoms with Crippen LogP contribution in [0, 0.1) is 5.41 Å². The summed E-state index contributed by atoms with van der Waals surface area (Å²) >= 11 is 0. The fourth-order valence-electron chi connectivity index (χ4n) is 1.89. The van der Waals surface area contributed by atoms with Gasteiger partial charge in [0.25, 0.3) is 0 Å². The Hall–Kier alpha value is -0.250. The molecular weight excluding hydrogens is 179 g/mol. The van der Waals surface area contributed by atoms with Crippen molar-refractivity contribution in [2.45, 2.75) is 51.2 Å². The van der Waals surface area contributed by atoms with E-state index in [0.29, 0.717) is 6.42 Å². The first-order chi connectivity index (χ1) is 5.62. The van der Waals surface area contributed by atoms with Gasteiger partial charge >= 0.3 is 6.18 Å². The highest BCUT2D eigenvalue weighted by Gasteiger charge is 2.45. The molecule has 1 unspecified atom stereocenters. The Kier molecular flexibility index (Phi) is 2.39. The molecule has 0 aromatic carbocycles. The molecule has 4 heteroatoms. The minimum Gasteiger partial charge on any atom is -0.325 e. The second-order valence-electron chi connectivity index (χ2n) is 4.93. The lowest BCUT2D eigenvalue weighted by atomic mass is 9.86. The molecule has 0 radical (unpaired) electrons. The highest BCUT2D eigenvalue weighted by atomic mass is 19.4. The van der Waals surface area contributed by atoms with Crippen molar-refractivity contribution >= 4 is 0 Å². The van der Waals surface area contributed by atoms with Crippen molar-refractivity contribution in [3.63, 3.8) is 0 Å². The maximum absolute atomic E-state index is 12.1. The molecule has 1 atom stereocenters. The average Bonchev–Trinajstić information content (AvgIpc) is 2.36. The molecule has 13 heavy (non-hydrogen) atoms. The minimum atomic E-state index is -4.14. The quantitative estimate of drug-likeness (QED) is 0.736. The van der Waals surface area contributed by atoms with Crippen LogP contribution in [0.15, 0.2) is 0 Å². The Morgan fingerprint density at radius 1 is 1.31 bits per heavy atom. The number of hydrogen-bond acceptors (Lipinski definition) is 1. The van der Waals surface area contributed by atoms with Crippen molar-refractivity contribution in [1.82, 2.24) is 0 Å². The average molecular weight is 195 g/mol. The molecule has 0 heterocycles. The topological polar surface area (TPSA) is 26.0 Å². The van der Waals surface area contributed by atoms with Crippen LogP contribution in [0.5, 0.6) is 0 Å². The van der Waals surface area contributed by atoms with Gasteiger partial charge in [-0.2, -0.15) is 13.2 Å². The van der Waals surface area contributed by atoms with Crippen LogP contribution in [0.1, 0.15) is 39.5 Å². The first kappa shape index (κ1) is 10.8. The van der Waals surface area contributed by atoms with Crippen LogP contribution in [-0.4, -0.2) is 11.7 Å². The zero-order chi connectivity index (χ0) is 10.3. The molecule has 1 nitrogen and oxygen atoms in total. The van der Waals surface area contributed by atoms with Gasteiger partial charge < -0.3 is 5.73 Å². The van der Waals surface area contributed by atoms with Crippen molar-refractivity contribution in [3.8, 4) is 0 Å². The highest BCUT2D eigenvalue weighted by Crippen LogP contribution is 2.51. The van der Waals surface area contributed by atoms with Crippen LogP contribution in [-0.2, 0) is 0 Å². The number of hydrogen-bond donors (Lipinski definition) is 1. The maximum Gasteiger partial charge on any atom is 0.390 e. The van der Waals surface area contributed by atoms with Crippen molar-refractivity contribution in [2.24, 2.45) is 11.1 Å². The Bertz CT molecular complexity index is 182. The van der Waals surface area contributed by atoms with Gasteiger partial charge in [-0.05, 0) is 31.6 Å². The van der Waals surface area contributed by atoms with E-state index in [0.717, 1.165) is 12.8 Å². The third kappa shape index (κ3) is 3.98. The van der Waals surface area contributed by atoms with E-state index in [1.165, 1.54) is 6.92 Å². The fraction of sp³-hybridized carbons (Fsp3) is 1.00. The van der Waals surface area contributed by atoms with E-state index in [1.807, 2.05) is 6.92 Å². The molecule has 1 aliphatic rings. The Balaban J connectivity index is 2.46. The lowest BCUT2D eigenvalue weighted by molar-refractivity contribution is -0.147. The Morgan fingerprint density at radius 3 is 2.08 bits per heavy atom. The first-order valence-corrected chi connectivity index (χ1v) is 4.48. The van der Waals surface area contributed by atoms with Crippen LogP contribution < -0.4 is 5.73 Å². The zero-order valence-electron chi connectivity index (χ0n) is 8.04. The molecule has 2 N–H and O–H groups in total. The summed E-state index contributed by atoms with van der Waals surface area (Å²) in [5, 5.41) is 0. The molecule has 1 aliphatic carbocycles. The summed E-state index contributed by atoms with van der Waals surface area (Å²) < 4.78 is 36.2. The summed E-state index contributed by atoms with van der Waals surface area (Å²) in [5.41, 5.74) is 4.59. The van der Waals surface area contributed by atoms with E-state index in [2.05, 4.69) is 0 Å². The van der Waals surface area contributed by atoms with Crippen LogP contribution in [0.4, 0.5) is 13.2 Å². The number of rotatable bonds is 3. The predicted molar refractivity (Wildman–Crippen MR) is 45.2 cm³/mol. The second kappa shape index (κ2) is 2.87. The van der Waals surface area contributed by atoms with Crippen LogP contribution >= 0.6 is 0 Å². The number of nitrogens with two attached hydrogens (primary N) is 1. The minimum absolute atomic E-state index is 0.0781. The van der Waals surface area contributed by atoms with Gasteiger partial charge in [-0.1, -0.05) is 6.92 Å². The number of alkyl halides is 3. The Morgan fingerprint density at radius 2 is 1.77 bits per heavy atom. The van der Waals surface area contributed by atoms with Crippen molar-refractivity contribution in [2.75, 3.05) is 0 Å². The van der Waals surface area contributed by atoms with Gasteiger partial charge in [0, 0.05) is 5.54 Å².